The molecule has 1 heterocycles. The van der Waals surface area contributed by atoms with Gasteiger partial charge in [-0.1, -0.05) is 35.9 Å². The summed E-state index contributed by atoms with van der Waals surface area (Å²) >= 11 is 0. The Bertz CT molecular complexity index is 653. The summed E-state index contributed by atoms with van der Waals surface area (Å²) < 4.78 is 11.3. The topological polar surface area (TPSA) is 44.5 Å². The van der Waals surface area contributed by atoms with Crippen LogP contribution in [0.5, 0.6) is 11.5 Å². The van der Waals surface area contributed by atoms with Crippen molar-refractivity contribution in [1.82, 2.24) is 0 Å². The number of para-hydroxylation sites is 1. The Morgan fingerprint density at radius 2 is 2.05 bits per heavy atom. The highest BCUT2D eigenvalue weighted by Gasteiger charge is 2.33. The number of benzene rings is 2. The average Bonchev–Trinajstić information content (AvgIpc) is 2.47. The number of methoxy groups -OCH3 is 1. The van der Waals surface area contributed by atoms with Gasteiger partial charge in [-0.2, -0.15) is 0 Å². The van der Waals surface area contributed by atoms with Crippen molar-refractivity contribution in [2.24, 2.45) is 5.73 Å². The first-order chi connectivity index (χ1) is 10.1. The van der Waals surface area contributed by atoms with Gasteiger partial charge in [0.25, 0.3) is 0 Å². The molecule has 3 nitrogen and oxygen atoms in total. The maximum atomic E-state index is 6.60. The second-order valence-corrected chi connectivity index (χ2v) is 5.93. The Kier molecular flexibility index (Phi) is 3.60. The lowest BCUT2D eigenvalue weighted by atomic mass is 9.84. The molecule has 0 saturated heterocycles. The first-order valence-electron chi connectivity index (χ1n) is 7.23. The maximum Gasteiger partial charge on any atom is 0.122 e. The predicted octanol–water partition coefficient (Wildman–Crippen LogP) is 2.88. The smallest absolute Gasteiger partial charge is 0.122 e. The Balaban J connectivity index is 1.87. The zero-order valence-electron chi connectivity index (χ0n) is 12.6. The lowest BCUT2D eigenvalue weighted by Crippen LogP contribution is -2.51. The van der Waals surface area contributed by atoms with E-state index in [0.29, 0.717) is 6.61 Å². The fourth-order valence-electron chi connectivity index (χ4n) is 2.98. The van der Waals surface area contributed by atoms with Crippen LogP contribution in [0.4, 0.5) is 0 Å². The van der Waals surface area contributed by atoms with E-state index in [1.165, 1.54) is 11.1 Å². The molecular formula is C18H21NO2. The minimum Gasteiger partial charge on any atom is -0.496 e. The number of ether oxygens (including phenoxy) is 2. The minimum atomic E-state index is -0.393. The standard InChI is InChI=1S/C18H21NO2/c1-13-7-8-16(20-2)15(9-13)11-18(19)10-14-5-3-4-6-17(14)21-12-18/h3-9H,10-12,19H2,1-2H3. The van der Waals surface area contributed by atoms with Gasteiger partial charge >= 0.3 is 0 Å². The molecule has 0 aliphatic carbocycles. The van der Waals surface area contributed by atoms with Gasteiger partial charge in [0.1, 0.15) is 18.1 Å². The summed E-state index contributed by atoms with van der Waals surface area (Å²) in [4.78, 5) is 0. The Hall–Kier alpha value is -2.00. The van der Waals surface area contributed by atoms with Crippen LogP contribution in [0, 0.1) is 6.92 Å². The predicted molar refractivity (Wildman–Crippen MR) is 84.0 cm³/mol. The van der Waals surface area contributed by atoms with Crippen LogP contribution in [0.25, 0.3) is 0 Å². The molecular weight excluding hydrogens is 262 g/mol. The van der Waals surface area contributed by atoms with Crippen LogP contribution in [-0.2, 0) is 12.8 Å². The molecule has 3 rings (SSSR count). The normalized spacial score (nSPS) is 20.5. The van der Waals surface area contributed by atoms with Crippen LogP contribution in [0.3, 0.4) is 0 Å². The lowest BCUT2D eigenvalue weighted by Gasteiger charge is -2.35. The molecule has 1 unspecified atom stereocenters. The second kappa shape index (κ2) is 5.41. The van der Waals surface area contributed by atoms with Gasteiger partial charge in [-0.3, -0.25) is 0 Å². The molecule has 110 valence electrons. The first-order valence-corrected chi connectivity index (χ1v) is 7.23. The van der Waals surface area contributed by atoms with E-state index in [4.69, 9.17) is 15.2 Å². The van der Waals surface area contributed by atoms with E-state index in [2.05, 4.69) is 25.1 Å². The first kappa shape index (κ1) is 14.0. The molecule has 0 aromatic heterocycles. The second-order valence-electron chi connectivity index (χ2n) is 5.93. The van der Waals surface area contributed by atoms with Gasteiger partial charge in [0.15, 0.2) is 0 Å². The Morgan fingerprint density at radius 1 is 1.24 bits per heavy atom. The number of fused-ring (bicyclic) bond motifs is 1. The van der Waals surface area contributed by atoms with Gasteiger partial charge < -0.3 is 15.2 Å². The zero-order chi connectivity index (χ0) is 14.9. The summed E-state index contributed by atoms with van der Waals surface area (Å²) in [6, 6.07) is 14.3. The molecule has 2 N–H and O–H groups in total. The summed E-state index contributed by atoms with van der Waals surface area (Å²) in [7, 11) is 1.70. The molecule has 2 aromatic carbocycles. The Labute approximate surface area is 125 Å². The zero-order valence-corrected chi connectivity index (χ0v) is 12.6. The van der Waals surface area contributed by atoms with Crippen molar-refractivity contribution in [2.75, 3.05) is 13.7 Å². The van der Waals surface area contributed by atoms with Gasteiger partial charge in [-0.25, -0.2) is 0 Å². The number of rotatable bonds is 3. The van der Waals surface area contributed by atoms with Crippen LogP contribution in [-0.4, -0.2) is 19.3 Å². The highest BCUT2D eigenvalue weighted by Crippen LogP contribution is 2.32. The van der Waals surface area contributed by atoms with Crippen molar-refractivity contribution < 1.29 is 9.47 Å². The van der Waals surface area contributed by atoms with Crippen molar-refractivity contribution in [3.63, 3.8) is 0 Å². The van der Waals surface area contributed by atoms with E-state index in [9.17, 15) is 0 Å². The fraction of sp³-hybridized carbons (Fsp3) is 0.333. The number of aryl methyl sites for hydroxylation is 1. The van der Waals surface area contributed by atoms with E-state index in [-0.39, 0.29) is 0 Å². The molecule has 0 spiro atoms. The summed E-state index contributed by atoms with van der Waals surface area (Å²) in [5, 5.41) is 0. The third-order valence-corrected chi connectivity index (χ3v) is 4.01. The molecule has 0 saturated carbocycles. The van der Waals surface area contributed by atoms with Crippen LogP contribution < -0.4 is 15.2 Å². The van der Waals surface area contributed by atoms with E-state index in [1.807, 2.05) is 24.3 Å². The van der Waals surface area contributed by atoms with Crippen molar-refractivity contribution in [3.05, 3.63) is 59.2 Å². The largest absolute Gasteiger partial charge is 0.496 e. The molecule has 3 heteroatoms. The van der Waals surface area contributed by atoms with Crippen molar-refractivity contribution >= 4 is 0 Å². The fourth-order valence-corrected chi connectivity index (χ4v) is 2.98. The van der Waals surface area contributed by atoms with Crippen LogP contribution >= 0.6 is 0 Å². The van der Waals surface area contributed by atoms with Gasteiger partial charge in [-0.15, -0.1) is 0 Å². The summed E-state index contributed by atoms with van der Waals surface area (Å²) in [5.41, 5.74) is 9.74. The number of hydrogen-bond donors (Lipinski definition) is 1. The molecule has 2 aromatic rings. The highest BCUT2D eigenvalue weighted by atomic mass is 16.5. The van der Waals surface area contributed by atoms with Gasteiger partial charge in [0, 0.05) is 0 Å². The van der Waals surface area contributed by atoms with Gasteiger partial charge in [0.2, 0.25) is 0 Å². The van der Waals surface area contributed by atoms with Gasteiger partial charge in [-0.05, 0) is 43.0 Å². The minimum absolute atomic E-state index is 0.393. The summed E-state index contributed by atoms with van der Waals surface area (Å²) in [6.45, 7) is 2.61. The molecule has 1 aliphatic rings. The maximum absolute atomic E-state index is 6.60. The molecule has 0 bridgehead atoms. The summed E-state index contributed by atoms with van der Waals surface area (Å²) in [5.74, 6) is 1.85. The third kappa shape index (κ3) is 2.88. The number of nitrogens with two attached hydrogens (primary N) is 1. The molecule has 0 fully saturated rings. The van der Waals surface area contributed by atoms with E-state index >= 15 is 0 Å². The van der Waals surface area contributed by atoms with Gasteiger partial charge in [0.05, 0.1) is 12.6 Å². The van der Waals surface area contributed by atoms with Crippen molar-refractivity contribution in [2.45, 2.75) is 25.3 Å². The van der Waals surface area contributed by atoms with Crippen LogP contribution in [0.2, 0.25) is 0 Å². The summed E-state index contributed by atoms with van der Waals surface area (Å²) in [6.07, 6.45) is 1.56. The SMILES string of the molecule is COc1ccc(C)cc1CC1(N)COc2ccccc2C1. The molecule has 1 atom stereocenters. The quantitative estimate of drug-likeness (QED) is 0.942. The number of hydrogen-bond acceptors (Lipinski definition) is 3. The average molecular weight is 283 g/mol. The monoisotopic (exact) mass is 283 g/mol. The molecule has 1 aliphatic heterocycles. The van der Waals surface area contributed by atoms with Crippen molar-refractivity contribution in [1.29, 1.82) is 0 Å². The van der Waals surface area contributed by atoms with Crippen LogP contribution in [0.15, 0.2) is 42.5 Å². The van der Waals surface area contributed by atoms with Crippen LogP contribution in [0.1, 0.15) is 16.7 Å². The van der Waals surface area contributed by atoms with E-state index < -0.39 is 5.54 Å². The molecule has 0 amide bonds. The lowest BCUT2D eigenvalue weighted by molar-refractivity contribution is 0.189. The highest BCUT2D eigenvalue weighted by molar-refractivity contribution is 5.41. The van der Waals surface area contributed by atoms with E-state index in [1.54, 1.807) is 7.11 Å². The Morgan fingerprint density at radius 3 is 2.86 bits per heavy atom. The third-order valence-electron chi connectivity index (χ3n) is 4.01. The van der Waals surface area contributed by atoms with E-state index in [0.717, 1.165) is 29.9 Å². The molecule has 0 radical (unpaired) electrons. The van der Waals surface area contributed by atoms with Crippen molar-refractivity contribution in [3.8, 4) is 11.5 Å². The molecule has 21 heavy (non-hydrogen) atoms.